The van der Waals surface area contributed by atoms with Crippen LogP contribution in [0.2, 0.25) is 0 Å². The Morgan fingerprint density at radius 1 is 0.172 bits per heavy atom. The zero-order valence-electron chi connectivity index (χ0n) is 75.6. The van der Waals surface area contributed by atoms with Gasteiger partial charge in [-0.25, -0.2) is 48.3 Å². The van der Waals surface area contributed by atoms with Gasteiger partial charge in [0, 0.05) is 28.0 Å². The Kier molecular flexibility index (Phi) is 54.3. The molecule has 0 nitrogen and oxygen atoms in total. The van der Waals surface area contributed by atoms with Crippen molar-refractivity contribution in [3.63, 3.8) is 0 Å². The normalized spacial score (nSPS) is 17.9. The Balaban J connectivity index is -0.00000121. The minimum absolute atomic E-state index is 0. The van der Waals surface area contributed by atoms with Gasteiger partial charge < -0.3 is 0 Å². The van der Waals surface area contributed by atoms with Crippen molar-refractivity contribution in [3.05, 3.63) is 316 Å². The molecular weight excluding hydrogens is 1470 g/mol. The first-order valence-corrected chi connectivity index (χ1v) is 41.7. The summed E-state index contributed by atoms with van der Waals surface area (Å²) in [7, 11) is 0. The summed E-state index contributed by atoms with van der Waals surface area (Å²) >= 11 is 0. The van der Waals surface area contributed by atoms with Gasteiger partial charge in [0.25, 0.3) is 0 Å². The third-order valence-corrected chi connectivity index (χ3v) is 21.4. The number of rotatable bonds is 0. The van der Waals surface area contributed by atoms with Crippen LogP contribution in [-0.4, -0.2) is 8.41 Å². The van der Waals surface area contributed by atoms with E-state index in [-0.39, 0.29) is 45.4 Å². The Labute approximate surface area is 701 Å². The fourth-order valence-corrected chi connectivity index (χ4v) is 12.1. The molecule has 0 aliphatic heterocycles. The van der Waals surface area contributed by atoms with Gasteiger partial charge in [0.1, 0.15) is 52.4 Å². The lowest BCUT2D eigenvalue weighted by Gasteiger charge is -2.22. The van der Waals surface area contributed by atoms with E-state index in [1.54, 1.807) is 71.9 Å². The van der Waals surface area contributed by atoms with Crippen LogP contribution in [0.1, 0.15) is 261 Å². The molecule has 0 atom stereocenters. The molecule has 3 radical (unpaired) electrons. The number of aryl methyl sites for hydroxylation is 15. The molecule has 4 fully saturated rings. The van der Waals surface area contributed by atoms with Gasteiger partial charge in [0.05, 0.1) is 0 Å². The fourth-order valence-electron chi connectivity index (χ4n) is 12.1. The van der Waals surface area contributed by atoms with Crippen LogP contribution in [0.3, 0.4) is 0 Å². The lowest BCUT2D eigenvalue weighted by molar-refractivity contribution is 0.308. The van der Waals surface area contributed by atoms with Gasteiger partial charge in [-0.2, -0.15) is 0 Å². The molecule has 643 valence electrons. The summed E-state index contributed by atoms with van der Waals surface area (Å²) in [5, 5.41) is 0. The van der Waals surface area contributed by atoms with Crippen LogP contribution in [0.4, 0.5) is 48.3 Å². The van der Waals surface area contributed by atoms with Crippen molar-refractivity contribution in [2.45, 2.75) is 283 Å². The molecule has 12 heteroatoms. The quantitative estimate of drug-likeness (QED) is 0.105. The standard InChI is InChI=1S/4C8H8F2.3C8H9F.4C8H16.2C8H10.B.2H2/c3*1-5-3-7(9)6(2)8(10)4-5;1-5-3-4-6(2)8(10)7(5)9;3*1-6-3-4-7(2)8(9)5-6;6*1-7-3-5-8(2)6-4-7;;;/h4*3-4H,1-2H3;3*3-5H,1-2H3;4*7-8H,3-6H2,1-2H3;2*3-6H,1-2H3;;2*1H. The summed E-state index contributed by atoms with van der Waals surface area (Å²) in [6.07, 6.45) is 23.6. The van der Waals surface area contributed by atoms with Crippen molar-refractivity contribution in [1.29, 1.82) is 0 Å². The van der Waals surface area contributed by atoms with Crippen LogP contribution in [0.15, 0.2) is 152 Å². The van der Waals surface area contributed by atoms with E-state index in [1.807, 2.05) is 39.0 Å². The molecule has 4 aliphatic carbocycles. The summed E-state index contributed by atoms with van der Waals surface area (Å²) in [6.45, 7) is 50.5. The Morgan fingerprint density at radius 3 is 0.422 bits per heavy atom. The van der Waals surface area contributed by atoms with E-state index in [9.17, 15) is 48.3 Å². The van der Waals surface area contributed by atoms with Gasteiger partial charge in [-0.1, -0.05) is 277 Å². The van der Waals surface area contributed by atoms with Crippen molar-refractivity contribution in [1.82, 2.24) is 0 Å². The average molecular weight is 1620 g/mol. The molecule has 0 saturated heterocycles. The van der Waals surface area contributed by atoms with E-state index < -0.39 is 46.5 Å². The largest absolute Gasteiger partial charge is 0.207 e. The molecule has 9 aromatic carbocycles. The van der Waals surface area contributed by atoms with Gasteiger partial charge in [-0.15, -0.1) is 0 Å². The molecule has 0 spiro atoms. The van der Waals surface area contributed by atoms with E-state index in [4.69, 9.17) is 0 Å². The smallest absolute Gasteiger partial charge is 0.161 e. The second-order valence-electron chi connectivity index (χ2n) is 33.9. The highest BCUT2D eigenvalue weighted by Crippen LogP contribution is 2.30. The first-order chi connectivity index (χ1) is 53.8. The van der Waals surface area contributed by atoms with E-state index in [0.717, 1.165) is 64.0 Å². The van der Waals surface area contributed by atoms with Crippen molar-refractivity contribution < 1.29 is 51.1 Å². The minimum Gasteiger partial charge on any atom is -0.207 e. The molecule has 116 heavy (non-hydrogen) atoms. The van der Waals surface area contributed by atoms with Gasteiger partial charge in [0.2, 0.25) is 0 Å². The zero-order valence-corrected chi connectivity index (χ0v) is 75.6. The molecule has 0 N–H and O–H groups in total. The number of hydrogen-bond donors (Lipinski definition) is 0. The van der Waals surface area contributed by atoms with Crippen LogP contribution in [-0.2, 0) is 0 Å². The van der Waals surface area contributed by atoms with Crippen LogP contribution in [0, 0.1) is 236 Å². The third kappa shape index (κ3) is 48.2. The summed E-state index contributed by atoms with van der Waals surface area (Å²) in [5.41, 5.74) is 13.2. The zero-order chi connectivity index (χ0) is 87.4. The minimum atomic E-state index is -0.736. The second-order valence-corrected chi connectivity index (χ2v) is 33.9. The molecule has 0 aromatic heterocycles. The summed E-state index contributed by atoms with van der Waals surface area (Å²) < 4.78 is 139. The van der Waals surface area contributed by atoms with Crippen molar-refractivity contribution in [2.24, 2.45) is 47.3 Å². The van der Waals surface area contributed by atoms with E-state index >= 15 is 0 Å². The number of benzene rings is 9. The first kappa shape index (κ1) is 108. The van der Waals surface area contributed by atoms with Gasteiger partial charge in [0.15, 0.2) is 11.6 Å². The maximum absolute atomic E-state index is 12.6. The Hall–Kier alpha value is -7.73. The highest BCUT2D eigenvalue weighted by atomic mass is 19.2. The van der Waals surface area contributed by atoms with Crippen LogP contribution in [0.25, 0.3) is 0 Å². The molecule has 13 rings (SSSR count). The highest BCUT2D eigenvalue weighted by Gasteiger charge is 2.17. The molecule has 9 aromatic rings. The Morgan fingerprint density at radius 2 is 0.293 bits per heavy atom. The second kappa shape index (κ2) is 58.2. The van der Waals surface area contributed by atoms with Gasteiger partial charge >= 0.3 is 0 Å². The maximum atomic E-state index is 12.6. The fraction of sp³-hybridized carbons (Fsp3) is 0.481. The summed E-state index contributed by atoms with van der Waals surface area (Å²) in [5.74, 6) is 3.49. The molecule has 4 aliphatic rings. The highest BCUT2D eigenvalue weighted by molar-refractivity contribution is 5.75. The van der Waals surface area contributed by atoms with Crippen LogP contribution in [0.5, 0.6) is 0 Å². The van der Waals surface area contributed by atoms with E-state index in [2.05, 4.69) is 132 Å². The molecular formula is C104H147BF11. The van der Waals surface area contributed by atoms with E-state index in [0.29, 0.717) is 44.5 Å². The number of halogens is 11. The molecule has 0 bridgehead atoms. The van der Waals surface area contributed by atoms with Gasteiger partial charge in [-0.05, 0) is 288 Å². The predicted octanol–water partition coefficient (Wildman–Crippen LogP) is 33.7. The lowest BCUT2D eigenvalue weighted by Crippen LogP contribution is -2.08. The predicted molar refractivity (Wildman–Crippen MR) is 480 cm³/mol. The van der Waals surface area contributed by atoms with Crippen molar-refractivity contribution >= 4 is 8.41 Å². The summed E-state index contributed by atoms with van der Waals surface area (Å²) in [4.78, 5) is 0. The Bertz CT molecular complexity index is 3630. The maximum Gasteiger partial charge on any atom is 0.161 e. The monoisotopic (exact) mass is 1620 g/mol. The molecule has 0 amide bonds. The van der Waals surface area contributed by atoms with Crippen LogP contribution >= 0.6 is 0 Å². The average Bonchev–Trinajstić information content (AvgIpc) is 0.924. The topological polar surface area (TPSA) is 0 Å². The van der Waals surface area contributed by atoms with E-state index in [1.165, 1.54) is 214 Å². The molecule has 0 heterocycles. The lowest BCUT2D eigenvalue weighted by atomic mass is 9.84. The molecule has 0 unspecified atom stereocenters. The van der Waals surface area contributed by atoms with Crippen molar-refractivity contribution in [3.8, 4) is 0 Å². The summed E-state index contributed by atoms with van der Waals surface area (Å²) in [6, 6.07) is 43.7. The van der Waals surface area contributed by atoms with Gasteiger partial charge in [-0.3, -0.25) is 0 Å². The third-order valence-electron chi connectivity index (χ3n) is 21.4. The van der Waals surface area contributed by atoms with Crippen molar-refractivity contribution in [2.75, 3.05) is 0 Å². The first-order valence-electron chi connectivity index (χ1n) is 41.7. The number of hydrogen-bond acceptors (Lipinski definition) is 0. The molecule has 4 saturated carbocycles. The SMILES string of the molecule is CC1CCC(C)CC1.CC1CCC(C)CC1.CC1CCC(C)CC1.CC1CCC(C)CC1.Cc1cc(F)c(C)c(F)c1.Cc1cc(F)c(C)c(F)c1.Cc1cc(F)c(C)c(F)c1.Cc1ccc(C)c(F)c1.Cc1ccc(C)c(F)c1.Cc1ccc(C)c(F)c1.Cc1ccc(C)c(F)c1F.Cc1ccc(C)cc1.Cc1ccc(C)cc1.[B].[HH].[HH]. The van der Waals surface area contributed by atoms with Crippen LogP contribution < -0.4 is 0 Å².